The predicted molar refractivity (Wildman–Crippen MR) is 84.5 cm³/mol. The number of rotatable bonds is 7. The fourth-order valence-corrected chi connectivity index (χ4v) is 1.90. The number of ether oxygens (including phenoxy) is 3. The Labute approximate surface area is 135 Å². The molecule has 0 atom stereocenters. The summed E-state index contributed by atoms with van der Waals surface area (Å²) in [4.78, 5) is 0. The molecule has 0 saturated carbocycles. The second-order valence-electron chi connectivity index (χ2n) is 4.54. The smallest absolute Gasteiger partial charge is 0.162 e. The van der Waals surface area contributed by atoms with Crippen molar-refractivity contribution in [2.75, 3.05) is 19.8 Å². The SMILES string of the molecule is CCOc1cc(C#N)ccc1OCCOc1ccc(C#N)cc1. The summed E-state index contributed by atoms with van der Waals surface area (Å²) >= 11 is 0. The van der Waals surface area contributed by atoms with Crippen molar-refractivity contribution in [1.29, 1.82) is 10.5 Å². The first-order chi connectivity index (χ1) is 11.3. The highest BCUT2D eigenvalue weighted by Gasteiger charge is 2.06. The van der Waals surface area contributed by atoms with Gasteiger partial charge in [0.15, 0.2) is 11.5 Å². The van der Waals surface area contributed by atoms with Crippen molar-refractivity contribution in [3.05, 3.63) is 53.6 Å². The van der Waals surface area contributed by atoms with Gasteiger partial charge in [0.2, 0.25) is 0 Å². The maximum Gasteiger partial charge on any atom is 0.162 e. The molecule has 2 rings (SSSR count). The van der Waals surface area contributed by atoms with Gasteiger partial charge in [0.1, 0.15) is 19.0 Å². The Morgan fingerprint density at radius 3 is 2.09 bits per heavy atom. The maximum atomic E-state index is 8.91. The Hall–Kier alpha value is -3.18. The van der Waals surface area contributed by atoms with Crippen LogP contribution in [-0.4, -0.2) is 19.8 Å². The fourth-order valence-electron chi connectivity index (χ4n) is 1.90. The number of benzene rings is 2. The number of nitrogens with zero attached hydrogens (tertiary/aromatic N) is 2. The molecule has 0 bridgehead atoms. The van der Waals surface area contributed by atoms with E-state index in [-0.39, 0.29) is 0 Å². The Morgan fingerprint density at radius 2 is 1.43 bits per heavy atom. The number of hydrogen-bond acceptors (Lipinski definition) is 5. The highest BCUT2D eigenvalue weighted by Crippen LogP contribution is 2.28. The average molecular weight is 308 g/mol. The topological polar surface area (TPSA) is 75.3 Å². The lowest BCUT2D eigenvalue weighted by molar-refractivity contribution is 0.208. The third-order valence-electron chi connectivity index (χ3n) is 2.97. The van der Waals surface area contributed by atoms with Crippen molar-refractivity contribution in [3.63, 3.8) is 0 Å². The van der Waals surface area contributed by atoms with Crippen LogP contribution in [0.15, 0.2) is 42.5 Å². The molecule has 0 spiro atoms. The zero-order valence-electron chi connectivity index (χ0n) is 12.8. The van der Waals surface area contributed by atoms with Crippen molar-refractivity contribution in [3.8, 4) is 29.4 Å². The second-order valence-corrected chi connectivity index (χ2v) is 4.54. The number of nitriles is 2. The largest absolute Gasteiger partial charge is 0.490 e. The van der Waals surface area contributed by atoms with E-state index in [1.54, 1.807) is 42.5 Å². The zero-order valence-corrected chi connectivity index (χ0v) is 12.8. The van der Waals surface area contributed by atoms with Crippen molar-refractivity contribution < 1.29 is 14.2 Å². The van der Waals surface area contributed by atoms with Crippen LogP contribution in [0.1, 0.15) is 18.1 Å². The van der Waals surface area contributed by atoms with Gasteiger partial charge in [0, 0.05) is 6.07 Å². The van der Waals surface area contributed by atoms with Gasteiger partial charge in [-0.25, -0.2) is 0 Å². The molecule has 0 amide bonds. The van der Waals surface area contributed by atoms with E-state index in [4.69, 9.17) is 24.7 Å². The molecule has 0 N–H and O–H groups in total. The van der Waals surface area contributed by atoms with E-state index in [1.165, 1.54) is 0 Å². The molecule has 116 valence electrons. The summed E-state index contributed by atoms with van der Waals surface area (Å²) in [5.74, 6) is 1.80. The van der Waals surface area contributed by atoms with Gasteiger partial charge in [-0.1, -0.05) is 0 Å². The van der Waals surface area contributed by atoms with Gasteiger partial charge in [0.25, 0.3) is 0 Å². The molecule has 0 unspecified atom stereocenters. The third-order valence-corrected chi connectivity index (χ3v) is 2.97. The van der Waals surface area contributed by atoms with E-state index in [0.29, 0.717) is 48.2 Å². The van der Waals surface area contributed by atoms with Gasteiger partial charge in [-0.2, -0.15) is 10.5 Å². The molecule has 0 fully saturated rings. The van der Waals surface area contributed by atoms with Crippen molar-refractivity contribution >= 4 is 0 Å². The summed E-state index contributed by atoms with van der Waals surface area (Å²) in [6.45, 7) is 3.06. The molecular formula is C18H16N2O3. The van der Waals surface area contributed by atoms with Crippen molar-refractivity contribution in [2.24, 2.45) is 0 Å². The molecule has 0 aromatic heterocycles. The molecule has 0 aliphatic rings. The molecule has 2 aromatic carbocycles. The average Bonchev–Trinajstić information content (AvgIpc) is 2.60. The minimum atomic E-state index is 0.339. The molecule has 0 heterocycles. The van der Waals surface area contributed by atoms with Crippen LogP contribution in [-0.2, 0) is 0 Å². The van der Waals surface area contributed by atoms with E-state index in [1.807, 2.05) is 6.92 Å². The van der Waals surface area contributed by atoms with E-state index >= 15 is 0 Å². The summed E-state index contributed by atoms with van der Waals surface area (Å²) in [5, 5.41) is 17.6. The molecule has 5 nitrogen and oxygen atoms in total. The Bertz CT molecular complexity index is 727. The fraction of sp³-hybridized carbons (Fsp3) is 0.222. The van der Waals surface area contributed by atoms with Crippen LogP contribution in [0.4, 0.5) is 0 Å². The van der Waals surface area contributed by atoms with Crippen LogP contribution >= 0.6 is 0 Å². The van der Waals surface area contributed by atoms with Crippen molar-refractivity contribution in [2.45, 2.75) is 6.92 Å². The van der Waals surface area contributed by atoms with E-state index in [9.17, 15) is 0 Å². The lowest BCUT2D eigenvalue weighted by Crippen LogP contribution is -2.10. The molecule has 2 aromatic rings. The molecular weight excluding hydrogens is 292 g/mol. The lowest BCUT2D eigenvalue weighted by Gasteiger charge is -2.12. The molecule has 0 radical (unpaired) electrons. The van der Waals surface area contributed by atoms with Gasteiger partial charge in [0.05, 0.1) is 29.9 Å². The van der Waals surface area contributed by atoms with Crippen LogP contribution in [0.25, 0.3) is 0 Å². The van der Waals surface area contributed by atoms with E-state index in [2.05, 4.69) is 12.1 Å². The minimum Gasteiger partial charge on any atom is -0.490 e. The molecule has 0 aliphatic carbocycles. The summed E-state index contributed by atoms with van der Waals surface area (Å²) in [6, 6.07) is 16.0. The second kappa shape index (κ2) is 8.31. The van der Waals surface area contributed by atoms with Crippen LogP contribution in [0.3, 0.4) is 0 Å². The summed E-state index contributed by atoms with van der Waals surface area (Å²) in [6.07, 6.45) is 0. The van der Waals surface area contributed by atoms with Gasteiger partial charge in [-0.15, -0.1) is 0 Å². The quantitative estimate of drug-likeness (QED) is 0.734. The molecule has 5 heteroatoms. The highest BCUT2D eigenvalue weighted by molar-refractivity contribution is 5.46. The lowest BCUT2D eigenvalue weighted by atomic mass is 10.2. The Morgan fingerprint density at radius 1 is 0.783 bits per heavy atom. The van der Waals surface area contributed by atoms with Gasteiger partial charge in [-0.05, 0) is 43.3 Å². The summed E-state index contributed by atoms with van der Waals surface area (Å²) in [7, 11) is 0. The van der Waals surface area contributed by atoms with Crippen LogP contribution < -0.4 is 14.2 Å². The summed E-state index contributed by atoms with van der Waals surface area (Å²) < 4.78 is 16.7. The maximum absolute atomic E-state index is 8.91. The van der Waals surface area contributed by atoms with Crippen LogP contribution in [0.5, 0.6) is 17.2 Å². The van der Waals surface area contributed by atoms with Crippen LogP contribution in [0, 0.1) is 22.7 Å². The first-order valence-corrected chi connectivity index (χ1v) is 7.19. The van der Waals surface area contributed by atoms with Gasteiger partial charge >= 0.3 is 0 Å². The Kier molecular flexibility index (Phi) is 5.85. The van der Waals surface area contributed by atoms with E-state index in [0.717, 1.165) is 0 Å². The first kappa shape index (κ1) is 16.2. The predicted octanol–water partition coefficient (Wildman–Crippen LogP) is 3.29. The normalized spacial score (nSPS) is 9.52. The van der Waals surface area contributed by atoms with Gasteiger partial charge in [-0.3, -0.25) is 0 Å². The summed E-state index contributed by atoms with van der Waals surface area (Å²) in [5.41, 5.74) is 1.11. The van der Waals surface area contributed by atoms with Crippen molar-refractivity contribution in [1.82, 2.24) is 0 Å². The first-order valence-electron chi connectivity index (χ1n) is 7.19. The monoisotopic (exact) mass is 308 g/mol. The minimum absolute atomic E-state index is 0.339. The van der Waals surface area contributed by atoms with Crippen LogP contribution in [0.2, 0.25) is 0 Å². The zero-order chi connectivity index (χ0) is 16.5. The van der Waals surface area contributed by atoms with E-state index < -0.39 is 0 Å². The molecule has 0 saturated heterocycles. The molecule has 0 aliphatic heterocycles. The molecule has 23 heavy (non-hydrogen) atoms. The Balaban J connectivity index is 1.88. The standard InChI is InChI=1S/C18H16N2O3/c1-2-21-18-11-15(13-20)5-8-17(18)23-10-9-22-16-6-3-14(12-19)4-7-16/h3-8,11H,2,9-10H2,1H3. The number of hydrogen-bond donors (Lipinski definition) is 0. The van der Waals surface area contributed by atoms with Gasteiger partial charge < -0.3 is 14.2 Å². The highest BCUT2D eigenvalue weighted by atomic mass is 16.5. The third kappa shape index (κ3) is 4.66.